The summed E-state index contributed by atoms with van der Waals surface area (Å²) in [5.74, 6) is -2.36. The van der Waals surface area contributed by atoms with Crippen LogP contribution in [0.5, 0.6) is 0 Å². The van der Waals surface area contributed by atoms with E-state index in [1.807, 2.05) is 6.92 Å². The first kappa shape index (κ1) is 27.3. The Kier molecular flexibility index (Phi) is 9.23. The molecular formula is C24H38N4O6. The minimum absolute atomic E-state index is 0.0327. The molecule has 5 atom stereocenters. The second-order valence-electron chi connectivity index (χ2n) is 10.00. The summed E-state index contributed by atoms with van der Waals surface area (Å²) in [6.07, 6.45) is 3.91. The van der Waals surface area contributed by atoms with Crippen molar-refractivity contribution in [3.05, 3.63) is 12.7 Å². The van der Waals surface area contributed by atoms with Gasteiger partial charge in [-0.15, -0.1) is 6.58 Å². The van der Waals surface area contributed by atoms with Crippen molar-refractivity contribution in [1.82, 2.24) is 20.9 Å². The molecule has 2 rings (SSSR count). The van der Waals surface area contributed by atoms with E-state index in [0.717, 1.165) is 12.8 Å². The number of fused-ring (bicyclic) bond motifs is 2. The normalized spacial score (nSPS) is 23.0. The highest BCUT2D eigenvalue weighted by atomic mass is 16.6. The highest BCUT2D eigenvalue weighted by Crippen LogP contribution is 2.42. The number of nitrogens with zero attached hydrogens (tertiary/aromatic N) is 1. The van der Waals surface area contributed by atoms with Crippen molar-refractivity contribution in [2.24, 2.45) is 5.92 Å². The summed E-state index contributed by atoms with van der Waals surface area (Å²) in [5, 5.41) is 7.71. The van der Waals surface area contributed by atoms with Crippen LogP contribution in [0.4, 0.5) is 4.79 Å². The number of hydrogen-bond acceptors (Lipinski definition) is 6. The average molecular weight is 479 g/mol. The van der Waals surface area contributed by atoms with Gasteiger partial charge in [0.2, 0.25) is 17.6 Å². The van der Waals surface area contributed by atoms with E-state index in [-0.39, 0.29) is 24.4 Å². The van der Waals surface area contributed by atoms with Crippen molar-refractivity contribution in [2.45, 2.75) is 96.5 Å². The summed E-state index contributed by atoms with van der Waals surface area (Å²) in [4.78, 5) is 65.0. The smallest absolute Gasteiger partial charge is 0.408 e. The van der Waals surface area contributed by atoms with Gasteiger partial charge in [0.25, 0.3) is 5.91 Å². The van der Waals surface area contributed by atoms with Crippen LogP contribution in [0.15, 0.2) is 12.7 Å². The fourth-order valence-electron chi connectivity index (χ4n) is 4.64. The molecular weight excluding hydrogens is 440 g/mol. The number of alkyl carbamates (subject to hydrolysis) is 1. The topological polar surface area (TPSA) is 134 Å². The van der Waals surface area contributed by atoms with E-state index in [0.29, 0.717) is 19.3 Å². The van der Waals surface area contributed by atoms with Crippen LogP contribution < -0.4 is 16.0 Å². The van der Waals surface area contributed by atoms with Crippen LogP contribution in [-0.2, 0) is 23.9 Å². The van der Waals surface area contributed by atoms with E-state index in [4.69, 9.17) is 4.74 Å². The van der Waals surface area contributed by atoms with E-state index < -0.39 is 47.4 Å². The summed E-state index contributed by atoms with van der Waals surface area (Å²) in [6.45, 7) is 12.2. The van der Waals surface area contributed by atoms with E-state index in [1.165, 1.54) is 11.0 Å². The molecule has 2 unspecified atom stereocenters. The van der Waals surface area contributed by atoms with Crippen LogP contribution in [0.2, 0.25) is 0 Å². The van der Waals surface area contributed by atoms with E-state index in [2.05, 4.69) is 22.5 Å². The number of hydrogen-bond donors (Lipinski definition) is 3. The number of carbonyl (C=O) groups excluding carboxylic acids is 5. The molecule has 2 aliphatic rings. The maximum absolute atomic E-state index is 13.3. The van der Waals surface area contributed by atoms with Gasteiger partial charge in [-0.2, -0.15) is 0 Å². The van der Waals surface area contributed by atoms with Crippen LogP contribution in [-0.4, -0.2) is 70.8 Å². The highest BCUT2D eigenvalue weighted by molar-refractivity contribution is 6.38. The predicted octanol–water partition coefficient (Wildman–Crippen LogP) is 1.44. The molecule has 3 N–H and O–H groups in total. The number of likely N-dealkylation sites (tertiary alicyclic amines) is 1. The molecule has 10 nitrogen and oxygen atoms in total. The molecule has 190 valence electrons. The van der Waals surface area contributed by atoms with Crippen LogP contribution in [0.3, 0.4) is 0 Å². The zero-order valence-electron chi connectivity index (χ0n) is 20.8. The molecule has 0 radical (unpaired) electrons. The molecule has 4 amide bonds. The number of nitrogens with one attached hydrogen (secondary N) is 3. The van der Waals surface area contributed by atoms with Crippen LogP contribution in [0.1, 0.15) is 66.7 Å². The lowest BCUT2D eigenvalue weighted by molar-refractivity contribution is -0.145. The SMILES string of the molecule is C=CCNC(=O)C(=O)[C@@H](CCC)NC(=O)[C@@H]1C2CCC(C2)N1C(=O)[C@H](C)NC(=O)OC(C)(C)C. The molecule has 0 aromatic carbocycles. The fraction of sp³-hybridized carbons (Fsp3) is 0.708. The van der Waals surface area contributed by atoms with Crippen LogP contribution in [0.25, 0.3) is 0 Å². The van der Waals surface area contributed by atoms with Gasteiger partial charge >= 0.3 is 6.09 Å². The van der Waals surface area contributed by atoms with E-state index in [1.54, 1.807) is 27.7 Å². The third-order valence-corrected chi connectivity index (χ3v) is 6.05. The maximum atomic E-state index is 13.3. The molecule has 2 fully saturated rings. The number of amides is 4. The second kappa shape index (κ2) is 11.5. The number of carbonyl (C=O) groups is 5. The number of rotatable bonds is 10. The van der Waals surface area contributed by atoms with Crippen LogP contribution >= 0.6 is 0 Å². The van der Waals surface area contributed by atoms with Crippen molar-refractivity contribution in [3.8, 4) is 0 Å². The Morgan fingerprint density at radius 2 is 1.82 bits per heavy atom. The Hall–Kier alpha value is -2.91. The lowest BCUT2D eigenvalue weighted by Crippen LogP contribution is -2.59. The van der Waals surface area contributed by atoms with Gasteiger partial charge in [-0.25, -0.2) is 4.79 Å². The predicted molar refractivity (Wildman–Crippen MR) is 126 cm³/mol. The summed E-state index contributed by atoms with van der Waals surface area (Å²) < 4.78 is 5.23. The number of piperidine rings is 1. The van der Waals surface area contributed by atoms with E-state index in [9.17, 15) is 24.0 Å². The monoisotopic (exact) mass is 478 g/mol. The first-order valence-electron chi connectivity index (χ1n) is 11.9. The number of ketones is 1. The largest absolute Gasteiger partial charge is 0.444 e. The van der Waals surface area contributed by atoms with Gasteiger partial charge < -0.3 is 25.6 Å². The molecule has 0 spiro atoms. The summed E-state index contributed by atoms with van der Waals surface area (Å²) >= 11 is 0. The molecule has 1 saturated heterocycles. The summed E-state index contributed by atoms with van der Waals surface area (Å²) in [6, 6.07) is -2.72. The van der Waals surface area contributed by atoms with Crippen molar-refractivity contribution < 1.29 is 28.7 Å². The van der Waals surface area contributed by atoms with Crippen molar-refractivity contribution in [3.63, 3.8) is 0 Å². The molecule has 10 heteroatoms. The molecule has 1 saturated carbocycles. The van der Waals surface area contributed by atoms with Gasteiger partial charge in [0.05, 0.1) is 6.04 Å². The summed E-state index contributed by atoms with van der Waals surface area (Å²) in [7, 11) is 0. The number of ether oxygens (including phenoxy) is 1. The Bertz CT molecular complexity index is 821. The zero-order chi connectivity index (χ0) is 25.6. The Balaban J connectivity index is 2.12. The Morgan fingerprint density at radius 1 is 1.15 bits per heavy atom. The van der Waals surface area contributed by atoms with E-state index >= 15 is 0 Å². The van der Waals surface area contributed by atoms with Gasteiger partial charge in [-0.05, 0) is 59.3 Å². The molecule has 2 bridgehead atoms. The van der Waals surface area contributed by atoms with Crippen molar-refractivity contribution in [2.75, 3.05) is 6.54 Å². The van der Waals surface area contributed by atoms with Gasteiger partial charge in [0, 0.05) is 12.6 Å². The van der Waals surface area contributed by atoms with Gasteiger partial charge in [-0.3, -0.25) is 19.2 Å². The van der Waals surface area contributed by atoms with Crippen LogP contribution in [0, 0.1) is 5.92 Å². The Morgan fingerprint density at radius 3 is 2.41 bits per heavy atom. The minimum atomic E-state index is -0.976. The van der Waals surface area contributed by atoms with Gasteiger partial charge in [0.15, 0.2) is 0 Å². The molecule has 34 heavy (non-hydrogen) atoms. The van der Waals surface area contributed by atoms with Crippen molar-refractivity contribution in [1.29, 1.82) is 0 Å². The fourth-order valence-corrected chi connectivity index (χ4v) is 4.64. The summed E-state index contributed by atoms with van der Waals surface area (Å²) in [5.41, 5.74) is -0.708. The number of Topliss-reactive ketones (excluding diaryl/α,β-unsaturated/α-hetero) is 1. The average Bonchev–Trinajstić information content (AvgIpc) is 3.36. The maximum Gasteiger partial charge on any atom is 0.408 e. The first-order chi connectivity index (χ1) is 15.9. The van der Waals surface area contributed by atoms with Crippen molar-refractivity contribution >= 4 is 29.6 Å². The van der Waals surface area contributed by atoms with Gasteiger partial charge in [0.1, 0.15) is 17.7 Å². The highest BCUT2D eigenvalue weighted by Gasteiger charge is 2.52. The molecule has 0 aromatic heterocycles. The zero-order valence-corrected chi connectivity index (χ0v) is 20.8. The standard InChI is InChI=1S/C24H38N4O6/c1-7-9-17(19(29)21(31)25-12-8-2)27-20(30)18-15-10-11-16(13-15)28(18)22(32)14(3)26-23(33)34-24(4,5)6/h8,14-18H,2,7,9-13H2,1,3-6H3,(H,25,31)(H,26,33)(H,27,30)/t14-,15?,16?,17+,18-/m0/s1. The lowest BCUT2D eigenvalue weighted by Gasteiger charge is -2.36. The molecule has 1 aliphatic heterocycles. The third-order valence-electron chi connectivity index (χ3n) is 6.05. The molecule has 1 aliphatic carbocycles. The second-order valence-corrected chi connectivity index (χ2v) is 10.00. The third kappa shape index (κ3) is 6.80. The van der Waals surface area contributed by atoms with Gasteiger partial charge in [-0.1, -0.05) is 19.4 Å². The molecule has 0 aromatic rings. The lowest BCUT2D eigenvalue weighted by atomic mass is 9.96. The Labute approximate surface area is 201 Å². The quantitative estimate of drug-likeness (QED) is 0.321. The first-order valence-corrected chi connectivity index (χ1v) is 11.9. The molecule has 1 heterocycles. The minimum Gasteiger partial charge on any atom is -0.444 e.